The van der Waals surface area contributed by atoms with E-state index in [9.17, 15) is 9.90 Å². The SMILES string of the molecule is Cc1c(C(=O)O)c(N2CCCC(NC(C)C)C2)nc2ccccc12. The summed E-state index contributed by atoms with van der Waals surface area (Å²) in [6.07, 6.45) is 2.15. The van der Waals surface area contributed by atoms with Gasteiger partial charge in [-0.1, -0.05) is 32.0 Å². The zero-order valence-electron chi connectivity index (χ0n) is 14.5. The first kappa shape index (κ1) is 16.7. The van der Waals surface area contributed by atoms with Crippen LogP contribution in [0.4, 0.5) is 5.82 Å². The topological polar surface area (TPSA) is 65.5 Å². The number of nitrogens with one attached hydrogen (secondary N) is 1. The van der Waals surface area contributed by atoms with Gasteiger partial charge in [-0.2, -0.15) is 0 Å². The lowest BCUT2D eigenvalue weighted by molar-refractivity contribution is 0.0696. The van der Waals surface area contributed by atoms with Crippen LogP contribution in [0.1, 0.15) is 42.6 Å². The van der Waals surface area contributed by atoms with Crippen LogP contribution in [-0.4, -0.2) is 41.2 Å². The lowest BCUT2D eigenvalue weighted by atomic mass is 10.0. The van der Waals surface area contributed by atoms with Crippen LogP contribution in [0.25, 0.3) is 10.9 Å². The van der Waals surface area contributed by atoms with Gasteiger partial charge in [0.2, 0.25) is 0 Å². The molecule has 1 aromatic carbocycles. The van der Waals surface area contributed by atoms with Crippen molar-refractivity contribution >= 4 is 22.7 Å². The molecule has 0 radical (unpaired) electrons. The van der Waals surface area contributed by atoms with Gasteiger partial charge in [0.1, 0.15) is 11.4 Å². The fourth-order valence-corrected chi connectivity index (χ4v) is 3.62. The molecule has 3 rings (SSSR count). The van der Waals surface area contributed by atoms with Crippen LogP contribution in [0.3, 0.4) is 0 Å². The van der Waals surface area contributed by atoms with E-state index < -0.39 is 5.97 Å². The molecule has 1 unspecified atom stereocenters. The van der Waals surface area contributed by atoms with Crippen molar-refractivity contribution in [3.8, 4) is 0 Å². The van der Waals surface area contributed by atoms with E-state index in [1.54, 1.807) is 0 Å². The number of carboxylic acid groups (broad SMARTS) is 1. The van der Waals surface area contributed by atoms with Crippen LogP contribution in [0.2, 0.25) is 0 Å². The number of aromatic nitrogens is 1. The molecule has 0 spiro atoms. The van der Waals surface area contributed by atoms with Crippen molar-refractivity contribution in [3.63, 3.8) is 0 Å². The highest BCUT2D eigenvalue weighted by Gasteiger charge is 2.27. The summed E-state index contributed by atoms with van der Waals surface area (Å²) in [5.41, 5.74) is 1.98. The van der Waals surface area contributed by atoms with E-state index in [4.69, 9.17) is 4.98 Å². The molecule has 1 aliphatic rings. The highest BCUT2D eigenvalue weighted by Crippen LogP contribution is 2.30. The number of anilines is 1. The van der Waals surface area contributed by atoms with Gasteiger partial charge in [0.25, 0.3) is 0 Å². The number of carboxylic acids is 1. The second-order valence-corrected chi connectivity index (χ2v) is 6.86. The van der Waals surface area contributed by atoms with Crippen LogP contribution in [0.5, 0.6) is 0 Å². The Morgan fingerprint density at radius 3 is 2.83 bits per heavy atom. The van der Waals surface area contributed by atoms with E-state index in [1.165, 1.54) is 0 Å². The van der Waals surface area contributed by atoms with Gasteiger partial charge in [0.15, 0.2) is 0 Å². The Morgan fingerprint density at radius 2 is 2.12 bits per heavy atom. The maximum absolute atomic E-state index is 11.9. The van der Waals surface area contributed by atoms with E-state index >= 15 is 0 Å². The molecule has 2 heterocycles. The number of hydrogen-bond donors (Lipinski definition) is 2. The summed E-state index contributed by atoms with van der Waals surface area (Å²) in [5.74, 6) is -0.298. The summed E-state index contributed by atoms with van der Waals surface area (Å²) in [5, 5.41) is 14.2. The standard InChI is InChI=1S/C19H25N3O2/c1-12(2)20-14-7-6-10-22(11-14)18-17(19(23)24)13(3)15-8-4-5-9-16(15)21-18/h4-5,8-9,12,14,20H,6-7,10-11H2,1-3H3,(H,23,24). The van der Waals surface area contributed by atoms with Gasteiger partial charge >= 0.3 is 5.97 Å². The van der Waals surface area contributed by atoms with Crippen LogP contribution in [0, 0.1) is 6.92 Å². The summed E-state index contributed by atoms with van der Waals surface area (Å²) in [6.45, 7) is 7.80. The summed E-state index contributed by atoms with van der Waals surface area (Å²) >= 11 is 0. The number of benzene rings is 1. The Kier molecular flexibility index (Phi) is 4.71. The molecule has 1 fully saturated rings. The van der Waals surface area contributed by atoms with E-state index in [0.717, 1.165) is 42.4 Å². The predicted molar refractivity (Wildman–Crippen MR) is 96.9 cm³/mol. The van der Waals surface area contributed by atoms with Gasteiger partial charge in [0, 0.05) is 30.6 Å². The molecule has 1 aromatic heterocycles. The number of para-hydroxylation sites is 1. The Bertz CT molecular complexity index is 758. The Morgan fingerprint density at radius 1 is 1.38 bits per heavy atom. The van der Waals surface area contributed by atoms with E-state index in [-0.39, 0.29) is 0 Å². The fourth-order valence-electron chi connectivity index (χ4n) is 3.62. The van der Waals surface area contributed by atoms with Crippen LogP contribution < -0.4 is 10.2 Å². The smallest absolute Gasteiger partial charge is 0.339 e. The Hall–Kier alpha value is -2.14. The van der Waals surface area contributed by atoms with Crippen molar-refractivity contribution in [2.24, 2.45) is 0 Å². The van der Waals surface area contributed by atoms with E-state index in [2.05, 4.69) is 24.1 Å². The first-order chi connectivity index (χ1) is 11.5. The number of hydrogen-bond acceptors (Lipinski definition) is 4. The number of carbonyl (C=O) groups is 1. The molecule has 0 amide bonds. The monoisotopic (exact) mass is 327 g/mol. The highest BCUT2D eigenvalue weighted by molar-refractivity contribution is 6.01. The third kappa shape index (κ3) is 3.22. The molecular weight excluding hydrogens is 302 g/mol. The molecule has 1 aliphatic heterocycles. The summed E-state index contributed by atoms with van der Waals surface area (Å²) in [6, 6.07) is 8.54. The molecule has 24 heavy (non-hydrogen) atoms. The number of piperidine rings is 1. The number of aromatic carboxylic acids is 1. The normalized spacial score (nSPS) is 18.3. The fraction of sp³-hybridized carbons (Fsp3) is 0.474. The van der Waals surface area contributed by atoms with Crippen molar-refractivity contribution in [2.75, 3.05) is 18.0 Å². The van der Waals surface area contributed by atoms with Gasteiger partial charge in [0.05, 0.1) is 5.52 Å². The van der Waals surface area contributed by atoms with Crippen molar-refractivity contribution in [1.82, 2.24) is 10.3 Å². The van der Waals surface area contributed by atoms with Gasteiger partial charge in [-0.15, -0.1) is 0 Å². The largest absolute Gasteiger partial charge is 0.478 e. The van der Waals surface area contributed by atoms with Gasteiger partial charge in [-0.05, 0) is 31.4 Å². The minimum atomic E-state index is -0.903. The second kappa shape index (κ2) is 6.77. The number of fused-ring (bicyclic) bond motifs is 1. The average molecular weight is 327 g/mol. The lowest BCUT2D eigenvalue weighted by Crippen LogP contribution is -2.48. The van der Waals surface area contributed by atoms with Crippen LogP contribution in [-0.2, 0) is 0 Å². The van der Waals surface area contributed by atoms with Crippen LogP contribution >= 0.6 is 0 Å². The molecule has 0 bridgehead atoms. The molecule has 1 saturated heterocycles. The van der Waals surface area contributed by atoms with Gasteiger partial charge < -0.3 is 15.3 Å². The zero-order valence-corrected chi connectivity index (χ0v) is 14.5. The summed E-state index contributed by atoms with van der Waals surface area (Å²) in [7, 11) is 0. The average Bonchev–Trinajstić information content (AvgIpc) is 2.54. The first-order valence-corrected chi connectivity index (χ1v) is 8.61. The Balaban J connectivity index is 2.04. The minimum Gasteiger partial charge on any atom is -0.478 e. The van der Waals surface area contributed by atoms with Crippen LogP contribution in [0.15, 0.2) is 24.3 Å². The number of aryl methyl sites for hydroxylation is 1. The van der Waals surface area contributed by atoms with E-state index in [1.807, 2.05) is 31.2 Å². The molecule has 2 N–H and O–H groups in total. The molecule has 0 aliphatic carbocycles. The maximum atomic E-state index is 11.9. The number of pyridine rings is 1. The quantitative estimate of drug-likeness (QED) is 0.903. The number of rotatable bonds is 4. The molecule has 5 heteroatoms. The minimum absolute atomic E-state index is 0.332. The highest BCUT2D eigenvalue weighted by atomic mass is 16.4. The second-order valence-electron chi connectivity index (χ2n) is 6.86. The maximum Gasteiger partial charge on any atom is 0.339 e. The molecule has 0 saturated carbocycles. The summed E-state index contributed by atoms with van der Waals surface area (Å²) < 4.78 is 0. The van der Waals surface area contributed by atoms with Gasteiger partial charge in [-0.3, -0.25) is 0 Å². The van der Waals surface area contributed by atoms with E-state index in [0.29, 0.717) is 23.5 Å². The predicted octanol–water partition coefficient (Wildman–Crippen LogP) is 3.21. The summed E-state index contributed by atoms with van der Waals surface area (Å²) in [4.78, 5) is 18.7. The van der Waals surface area contributed by atoms with Crippen molar-refractivity contribution < 1.29 is 9.90 Å². The molecule has 2 aromatic rings. The zero-order chi connectivity index (χ0) is 17.3. The molecule has 128 valence electrons. The van der Waals surface area contributed by atoms with Crippen molar-refractivity contribution in [2.45, 2.75) is 45.7 Å². The van der Waals surface area contributed by atoms with Crippen molar-refractivity contribution in [3.05, 3.63) is 35.4 Å². The third-order valence-corrected chi connectivity index (χ3v) is 4.64. The molecular formula is C19H25N3O2. The van der Waals surface area contributed by atoms with Gasteiger partial charge in [-0.25, -0.2) is 9.78 Å². The third-order valence-electron chi connectivity index (χ3n) is 4.64. The molecule has 1 atom stereocenters. The number of nitrogens with zero attached hydrogens (tertiary/aromatic N) is 2. The first-order valence-electron chi connectivity index (χ1n) is 8.61. The Labute approximate surface area is 142 Å². The molecule has 5 nitrogen and oxygen atoms in total. The van der Waals surface area contributed by atoms with Crippen molar-refractivity contribution in [1.29, 1.82) is 0 Å². The lowest BCUT2D eigenvalue weighted by Gasteiger charge is -2.36.